The Balaban J connectivity index is 0.960. The summed E-state index contributed by atoms with van der Waals surface area (Å²) in [5.74, 6) is 1.97. The van der Waals surface area contributed by atoms with E-state index in [2.05, 4.69) is 259 Å². The number of nitrogens with zero attached hydrogens (tertiary/aromatic N) is 4. The molecular weight excluding hydrogens is 1080 g/mol. The highest BCUT2D eigenvalue weighted by molar-refractivity contribution is 6.21. The fraction of sp³-hybridized carbons (Fsp3) is 0.205. The molecule has 0 aliphatic heterocycles. The van der Waals surface area contributed by atoms with Crippen LogP contribution in [0.15, 0.2) is 203 Å². The van der Waals surface area contributed by atoms with Gasteiger partial charge in [0.1, 0.15) is 23.7 Å². The van der Waals surface area contributed by atoms with E-state index in [0.717, 1.165) is 92.9 Å². The number of furan rings is 2. The summed E-state index contributed by atoms with van der Waals surface area (Å²) in [6.45, 7) is 18.2. The molecule has 0 fully saturated rings. The van der Waals surface area contributed by atoms with Crippen molar-refractivity contribution in [3.63, 3.8) is 0 Å². The first kappa shape index (κ1) is 53.1. The zero-order chi connectivity index (χ0) is 60.6. The van der Waals surface area contributed by atoms with Gasteiger partial charge in [0.15, 0.2) is 11.2 Å². The predicted octanol–water partition coefficient (Wildman–Crippen LogP) is 22.3. The SMILES string of the molecule is CC1C=CC2=C(C1)c1cccc3c4c(cc2c13)C1(c2cc(N(c3ccc(C(C)(C)C)cc3)c3cccc5c6c(oc35)C(C#N)=CCC6)ccc2-c2ccc(N(c3ccc(C(C)(C)C)cc3)c3cccc5c6c(oc35)C(C#N)=CCC6C)cc21)c1ccccc1-4. The molecule has 0 saturated carbocycles. The van der Waals surface area contributed by atoms with Gasteiger partial charge in [-0.3, -0.25) is 0 Å². The molecular formula is C83H66N4O2. The third kappa shape index (κ3) is 7.47. The molecule has 6 aliphatic carbocycles. The smallest absolute Gasteiger partial charge is 0.159 e. The normalized spacial score (nSPS) is 18.2. The highest BCUT2D eigenvalue weighted by Gasteiger charge is 2.54. The van der Waals surface area contributed by atoms with Crippen LogP contribution in [0.2, 0.25) is 0 Å². The van der Waals surface area contributed by atoms with Gasteiger partial charge < -0.3 is 18.6 Å². The van der Waals surface area contributed by atoms with Crippen molar-refractivity contribution in [2.24, 2.45) is 5.92 Å². The Bertz CT molecular complexity index is 5160. The number of aryl methyl sites for hydroxylation is 1. The first-order chi connectivity index (χ1) is 43.1. The van der Waals surface area contributed by atoms with Crippen LogP contribution in [0.3, 0.4) is 0 Å². The minimum Gasteiger partial charge on any atom is -0.453 e. The number of benzene rings is 9. The van der Waals surface area contributed by atoms with Gasteiger partial charge in [0.05, 0.1) is 27.9 Å². The topological polar surface area (TPSA) is 80.3 Å². The lowest BCUT2D eigenvalue weighted by Crippen LogP contribution is -2.27. The van der Waals surface area contributed by atoms with E-state index in [-0.39, 0.29) is 16.7 Å². The quantitative estimate of drug-likeness (QED) is 0.165. The molecule has 0 N–H and O–H groups in total. The number of para-hydroxylation sites is 2. The summed E-state index contributed by atoms with van der Waals surface area (Å²) >= 11 is 0. The van der Waals surface area contributed by atoms with Gasteiger partial charge in [-0.2, -0.15) is 10.5 Å². The Labute approximate surface area is 520 Å². The molecule has 0 amide bonds. The Morgan fingerprint density at radius 1 is 0.517 bits per heavy atom. The molecule has 3 unspecified atom stereocenters. The molecule has 6 aliphatic rings. The molecule has 6 heteroatoms. The molecule has 3 atom stereocenters. The maximum Gasteiger partial charge on any atom is 0.159 e. The van der Waals surface area contributed by atoms with Crippen molar-refractivity contribution in [3.8, 4) is 34.4 Å². The number of anilines is 6. The second-order valence-corrected chi connectivity index (χ2v) is 27.7. The fourth-order valence-electron chi connectivity index (χ4n) is 16.2. The molecule has 9 aromatic carbocycles. The van der Waals surface area contributed by atoms with Gasteiger partial charge in [-0.05, 0) is 204 Å². The summed E-state index contributed by atoms with van der Waals surface area (Å²) in [5.41, 5.74) is 27.5. The summed E-state index contributed by atoms with van der Waals surface area (Å²) in [7, 11) is 0. The second kappa shape index (κ2) is 18.9. The van der Waals surface area contributed by atoms with Crippen molar-refractivity contribution in [2.45, 2.75) is 103 Å². The van der Waals surface area contributed by atoms with Crippen LogP contribution in [0.4, 0.5) is 34.1 Å². The maximum atomic E-state index is 10.5. The Morgan fingerprint density at radius 2 is 1.08 bits per heavy atom. The summed E-state index contributed by atoms with van der Waals surface area (Å²) in [4.78, 5) is 4.78. The Hall–Kier alpha value is -10.1. The number of nitriles is 2. The minimum absolute atomic E-state index is 0.0583. The maximum absolute atomic E-state index is 10.5. The first-order valence-corrected chi connectivity index (χ1v) is 31.7. The van der Waals surface area contributed by atoms with Crippen LogP contribution in [-0.2, 0) is 22.7 Å². The molecule has 11 aromatic rings. The number of fused-ring (bicyclic) bond motifs is 19. The first-order valence-electron chi connectivity index (χ1n) is 31.7. The van der Waals surface area contributed by atoms with Gasteiger partial charge in [0, 0.05) is 44.6 Å². The van der Waals surface area contributed by atoms with Gasteiger partial charge in [-0.15, -0.1) is 0 Å². The standard InChI is InChI=1S/C83H66N4O2/c1-47-25-38-57-66(41-47)60-17-12-20-64-75(60)67(57)44-71-76(64)63-16-9-10-22-68(63)83(71)69-42-55(86(53-32-28-51(29-33-53)81(3,4)5)72-23-13-19-62-61-18-11-15-49(45-84)77(61)88-79(62)72)36-39-58(69)59-40-37-56(43-70(59)83)87(54-34-30-52(31-35-54)82(6,7)8)73-24-14-21-65-74-48(2)26-27-50(46-85)78(74)89-80(65)73/h9-10,12-17,19-25,27-40,42-44,47-48H,11,18,26,41H2,1-8H3. The van der Waals surface area contributed by atoms with E-state index in [1.807, 2.05) is 12.2 Å². The van der Waals surface area contributed by atoms with Gasteiger partial charge >= 0.3 is 0 Å². The summed E-state index contributed by atoms with van der Waals surface area (Å²) in [6.07, 6.45) is 12.2. The van der Waals surface area contributed by atoms with Gasteiger partial charge in [0.2, 0.25) is 0 Å². The highest BCUT2D eigenvalue weighted by Crippen LogP contribution is 2.67. The van der Waals surface area contributed by atoms with Crippen LogP contribution >= 0.6 is 0 Å². The van der Waals surface area contributed by atoms with Gasteiger partial charge in [-0.25, -0.2) is 0 Å². The van der Waals surface area contributed by atoms with Crippen molar-refractivity contribution < 1.29 is 8.83 Å². The van der Waals surface area contributed by atoms with Crippen molar-refractivity contribution in [1.82, 2.24) is 0 Å². The van der Waals surface area contributed by atoms with Crippen LogP contribution in [0, 0.1) is 28.6 Å². The molecule has 17 rings (SSSR count). The van der Waals surface area contributed by atoms with E-state index in [0.29, 0.717) is 28.6 Å². The monoisotopic (exact) mass is 1150 g/mol. The van der Waals surface area contributed by atoms with Crippen molar-refractivity contribution >= 4 is 89.1 Å². The average Bonchev–Trinajstić information content (AvgIpc) is 1.50. The molecule has 2 aromatic heterocycles. The van der Waals surface area contributed by atoms with E-state index >= 15 is 0 Å². The highest BCUT2D eigenvalue weighted by atomic mass is 16.3. The number of rotatable bonds is 6. The minimum atomic E-state index is -0.818. The van der Waals surface area contributed by atoms with Gasteiger partial charge in [-0.1, -0.05) is 183 Å². The van der Waals surface area contributed by atoms with Crippen LogP contribution in [-0.4, -0.2) is 0 Å². The van der Waals surface area contributed by atoms with Crippen molar-refractivity contribution in [2.75, 3.05) is 9.80 Å². The molecule has 0 bridgehead atoms. The van der Waals surface area contributed by atoms with E-state index in [1.54, 1.807) is 0 Å². The number of hydrogen-bond acceptors (Lipinski definition) is 6. The molecule has 0 radical (unpaired) electrons. The van der Waals surface area contributed by atoms with E-state index < -0.39 is 5.41 Å². The Morgan fingerprint density at radius 3 is 1.72 bits per heavy atom. The lowest BCUT2D eigenvalue weighted by molar-refractivity contribution is 0.583. The van der Waals surface area contributed by atoms with Crippen molar-refractivity contribution in [1.29, 1.82) is 10.5 Å². The predicted molar refractivity (Wildman–Crippen MR) is 365 cm³/mol. The second-order valence-electron chi connectivity index (χ2n) is 27.7. The molecule has 6 nitrogen and oxygen atoms in total. The van der Waals surface area contributed by atoms with E-state index in [9.17, 15) is 10.5 Å². The van der Waals surface area contributed by atoms with Crippen LogP contribution in [0.5, 0.6) is 0 Å². The zero-order valence-corrected chi connectivity index (χ0v) is 51.6. The Kier molecular flexibility index (Phi) is 11.3. The van der Waals surface area contributed by atoms with E-state index in [1.165, 1.54) is 88.7 Å². The molecule has 89 heavy (non-hydrogen) atoms. The third-order valence-electron chi connectivity index (χ3n) is 20.5. The zero-order valence-electron chi connectivity index (χ0n) is 51.6. The van der Waals surface area contributed by atoms with E-state index in [4.69, 9.17) is 8.83 Å². The lowest BCUT2D eigenvalue weighted by Gasteiger charge is -2.34. The summed E-state index contributed by atoms with van der Waals surface area (Å²) in [5, 5.41) is 25.7. The average molecular weight is 1150 g/mol. The molecule has 1 spiro atoms. The van der Waals surface area contributed by atoms with Crippen LogP contribution < -0.4 is 9.80 Å². The largest absolute Gasteiger partial charge is 0.453 e. The summed E-state index contributed by atoms with van der Waals surface area (Å²) in [6, 6.07) is 69.3. The van der Waals surface area contributed by atoms with Crippen LogP contribution in [0.1, 0.15) is 148 Å². The molecule has 430 valence electrons. The molecule has 2 heterocycles. The van der Waals surface area contributed by atoms with Crippen LogP contribution in [0.25, 0.3) is 77.3 Å². The lowest BCUT2D eigenvalue weighted by atomic mass is 9.69. The third-order valence-corrected chi connectivity index (χ3v) is 20.5. The molecule has 0 saturated heterocycles. The fourth-order valence-corrected chi connectivity index (χ4v) is 16.2. The number of allylic oxidation sites excluding steroid dienone is 8. The van der Waals surface area contributed by atoms with Gasteiger partial charge in [0.25, 0.3) is 0 Å². The summed E-state index contributed by atoms with van der Waals surface area (Å²) < 4.78 is 14.1. The number of hydrogen-bond donors (Lipinski definition) is 0. The van der Waals surface area contributed by atoms with Crippen molar-refractivity contribution in [3.05, 3.63) is 261 Å².